The first-order valence-electron chi connectivity index (χ1n) is 10.4. The van der Waals surface area contributed by atoms with Crippen molar-refractivity contribution >= 4 is 17.1 Å². The third-order valence-electron chi connectivity index (χ3n) is 5.67. The molecule has 31 heavy (non-hydrogen) atoms. The maximum absolute atomic E-state index is 13.0. The van der Waals surface area contributed by atoms with E-state index in [0.29, 0.717) is 25.2 Å². The number of nitrogens with zero attached hydrogens (tertiary/aromatic N) is 8. The van der Waals surface area contributed by atoms with Gasteiger partial charge in [0.2, 0.25) is 0 Å². The summed E-state index contributed by atoms with van der Waals surface area (Å²) in [5, 5.41) is 4.13. The van der Waals surface area contributed by atoms with Gasteiger partial charge in [0.05, 0.1) is 25.0 Å². The zero-order chi connectivity index (χ0) is 21.0. The van der Waals surface area contributed by atoms with Crippen LogP contribution < -0.4 is 0 Å². The summed E-state index contributed by atoms with van der Waals surface area (Å²) in [6.07, 6.45) is 6.73. The summed E-state index contributed by atoms with van der Waals surface area (Å²) in [6, 6.07) is 12.1. The minimum absolute atomic E-state index is 0.0166. The molecule has 0 aliphatic carbocycles. The highest BCUT2D eigenvalue weighted by Gasteiger charge is 2.23. The average molecular weight is 416 g/mol. The molecule has 1 saturated heterocycles. The number of carbonyl (C=O) groups excluding carboxylic acids is 1. The number of rotatable bonds is 6. The number of imidazole rings is 1. The van der Waals surface area contributed by atoms with Crippen molar-refractivity contribution < 1.29 is 4.79 Å². The van der Waals surface area contributed by atoms with Gasteiger partial charge in [0.1, 0.15) is 18.2 Å². The smallest absolute Gasteiger partial charge is 0.255 e. The van der Waals surface area contributed by atoms with E-state index in [1.54, 1.807) is 25.2 Å². The fourth-order valence-electron chi connectivity index (χ4n) is 3.91. The highest BCUT2D eigenvalue weighted by atomic mass is 16.2. The van der Waals surface area contributed by atoms with Gasteiger partial charge < -0.3 is 9.47 Å². The molecule has 1 amide bonds. The summed E-state index contributed by atoms with van der Waals surface area (Å²) in [6.45, 7) is 5.52. The van der Waals surface area contributed by atoms with Crippen molar-refractivity contribution in [1.82, 2.24) is 39.1 Å². The number of pyridine rings is 1. The highest BCUT2D eigenvalue weighted by molar-refractivity contribution is 5.96. The Morgan fingerprint density at radius 3 is 2.58 bits per heavy atom. The molecule has 0 bridgehead atoms. The lowest BCUT2D eigenvalue weighted by Gasteiger charge is -2.34. The first-order chi connectivity index (χ1) is 15.3. The molecule has 158 valence electrons. The molecule has 1 aliphatic rings. The van der Waals surface area contributed by atoms with Gasteiger partial charge in [0.15, 0.2) is 5.65 Å². The summed E-state index contributed by atoms with van der Waals surface area (Å²) >= 11 is 0. The lowest BCUT2D eigenvalue weighted by atomic mass is 10.2. The van der Waals surface area contributed by atoms with E-state index in [-0.39, 0.29) is 5.91 Å². The Kier molecular flexibility index (Phi) is 5.40. The van der Waals surface area contributed by atoms with E-state index < -0.39 is 0 Å². The zero-order valence-corrected chi connectivity index (χ0v) is 17.2. The largest absolute Gasteiger partial charge is 0.336 e. The van der Waals surface area contributed by atoms with E-state index in [4.69, 9.17) is 0 Å². The number of piperazine rings is 1. The molecular formula is C22H24N8O. The molecule has 0 saturated carbocycles. The molecule has 0 spiro atoms. The SMILES string of the molecule is O=C(c1cnc2c(c1)ncn2Cc1ccccc1)N1CCN(CCn2cncn2)CC1. The van der Waals surface area contributed by atoms with Gasteiger partial charge in [-0.1, -0.05) is 30.3 Å². The highest BCUT2D eigenvalue weighted by Crippen LogP contribution is 2.16. The second kappa shape index (κ2) is 8.65. The van der Waals surface area contributed by atoms with Crippen molar-refractivity contribution in [2.24, 2.45) is 0 Å². The molecule has 4 heterocycles. The van der Waals surface area contributed by atoms with Crippen molar-refractivity contribution in [3.05, 3.63) is 72.7 Å². The average Bonchev–Trinajstić information content (AvgIpc) is 3.48. The number of carbonyl (C=O) groups is 1. The molecule has 1 aliphatic heterocycles. The van der Waals surface area contributed by atoms with Gasteiger partial charge in [0, 0.05) is 38.9 Å². The normalized spacial score (nSPS) is 14.9. The lowest BCUT2D eigenvalue weighted by molar-refractivity contribution is 0.0631. The van der Waals surface area contributed by atoms with E-state index >= 15 is 0 Å². The summed E-state index contributed by atoms with van der Waals surface area (Å²) in [5.74, 6) is 0.0166. The second-order valence-electron chi connectivity index (χ2n) is 7.72. The van der Waals surface area contributed by atoms with Crippen LogP contribution in [0.4, 0.5) is 0 Å². The number of amides is 1. The maximum Gasteiger partial charge on any atom is 0.255 e. The Morgan fingerprint density at radius 2 is 1.81 bits per heavy atom. The van der Waals surface area contributed by atoms with Gasteiger partial charge in [-0.3, -0.25) is 14.4 Å². The predicted molar refractivity (Wildman–Crippen MR) is 115 cm³/mol. The minimum atomic E-state index is 0.0166. The first kappa shape index (κ1) is 19.4. The molecule has 4 aromatic rings. The van der Waals surface area contributed by atoms with E-state index in [2.05, 4.69) is 37.1 Å². The van der Waals surface area contributed by atoms with Crippen LogP contribution in [0.1, 0.15) is 15.9 Å². The molecule has 0 atom stereocenters. The van der Waals surface area contributed by atoms with Crippen molar-refractivity contribution in [1.29, 1.82) is 0 Å². The van der Waals surface area contributed by atoms with Crippen LogP contribution >= 0.6 is 0 Å². The standard InChI is InChI=1S/C22H24N8O/c31-22(28-9-6-27(7-10-28)8-11-30-16-23-15-26-30)19-12-20-21(24-13-19)29(17-25-20)14-18-4-2-1-3-5-18/h1-5,12-13,15-17H,6-11,14H2. The monoisotopic (exact) mass is 416 g/mol. The molecule has 1 aromatic carbocycles. The Bertz CT molecular complexity index is 1150. The number of benzene rings is 1. The fraction of sp³-hybridized carbons (Fsp3) is 0.318. The van der Waals surface area contributed by atoms with Crippen LogP contribution in [0.2, 0.25) is 0 Å². The molecule has 5 rings (SSSR count). The van der Waals surface area contributed by atoms with Crippen molar-refractivity contribution in [3.63, 3.8) is 0 Å². The Balaban J connectivity index is 1.21. The van der Waals surface area contributed by atoms with Crippen LogP contribution in [0.3, 0.4) is 0 Å². The Morgan fingerprint density at radius 1 is 0.968 bits per heavy atom. The Labute approximate surface area is 180 Å². The van der Waals surface area contributed by atoms with E-state index in [1.165, 1.54) is 5.56 Å². The molecular weight excluding hydrogens is 392 g/mol. The topological polar surface area (TPSA) is 85.0 Å². The molecule has 0 radical (unpaired) electrons. The minimum Gasteiger partial charge on any atom is -0.336 e. The van der Waals surface area contributed by atoms with Gasteiger partial charge in [-0.25, -0.2) is 15.0 Å². The molecule has 1 fully saturated rings. The lowest BCUT2D eigenvalue weighted by Crippen LogP contribution is -2.49. The van der Waals surface area contributed by atoms with Crippen LogP contribution in [0.25, 0.3) is 11.2 Å². The first-order valence-corrected chi connectivity index (χ1v) is 10.4. The van der Waals surface area contributed by atoms with Crippen LogP contribution in [-0.2, 0) is 13.1 Å². The van der Waals surface area contributed by atoms with Gasteiger partial charge in [-0.2, -0.15) is 5.10 Å². The summed E-state index contributed by atoms with van der Waals surface area (Å²) in [5.41, 5.74) is 3.31. The van der Waals surface area contributed by atoms with Crippen LogP contribution in [0.15, 0.2) is 61.6 Å². The maximum atomic E-state index is 13.0. The number of fused-ring (bicyclic) bond motifs is 1. The van der Waals surface area contributed by atoms with Crippen LogP contribution in [0.5, 0.6) is 0 Å². The van der Waals surface area contributed by atoms with Crippen LogP contribution in [-0.4, -0.2) is 77.7 Å². The van der Waals surface area contributed by atoms with E-state index in [0.717, 1.165) is 37.3 Å². The summed E-state index contributed by atoms with van der Waals surface area (Å²) < 4.78 is 3.84. The molecule has 9 heteroatoms. The molecule has 0 N–H and O–H groups in total. The predicted octanol–water partition coefficient (Wildman–Crippen LogP) is 1.53. The summed E-state index contributed by atoms with van der Waals surface area (Å²) in [7, 11) is 0. The van der Waals surface area contributed by atoms with Gasteiger partial charge in [0.25, 0.3) is 5.91 Å². The number of hydrogen-bond donors (Lipinski definition) is 0. The fourth-order valence-corrected chi connectivity index (χ4v) is 3.91. The van der Waals surface area contributed by atoms with Gasteiger partial charge in [-0.15, -0.1) is 0 Å². The second-order valence-corrected chi connectivity index (χ2v) is 7.72. The Hall–Kier alpha value is -3.59. The number of hydrogen-bond acceptors (Lipinski definition) is 6. The summed E-state index contributed by atoms with van der Waals surface area (Å²) in [4.78, 5) is 30.2. The molecule has 3 aromatic heterocycles. The van der Waals surface area contributed by atoms with E-state index in [1.807, 2.05) is 38.4 Å². The third kappa shape index (κ3) is 4.31. The quantitative estimate of drug-likeness (QED) is 0.474. The van der Waals surface area contributed by atoms with Crippen molar-refractivity contribution in [2.75, 3.05) is 32.7 Å². The number of aromatic nitrogens is 6. The molecule has 0 unspecified atom stereocenters. The van der Waals surface area contributed by atoms with E-state index in [9.17, 15) is 4.79 Å². The van der Waals surface area contributed by atoms with Crippen molar-refractivity contribution in [2.45, 2.75) is 13.1 Å². The van der Waals surface area contributed by atoms with Crippen molar-refractivity contribution in [3.8, 4) is 0 Å². The molecule has 9 nitrogen and oxygen atoms in total. The van der Waals surface area contributed by atoms with Crippen LogP contribution in [0, 0.1) is 0 Å². The zero-order valence-electron chi connectivity index (χ0n) is 17.2. The third-order valence-corrected chi connectivity index (χ3v) is 5.67. The van der Waals surface area contributed by atoms with Gasteiger partial charge >= 0.3 is 0 Å². The van der Waals surface area contributed by atoms with Gasteiger partial charge in [-0.05, 0) is 11.6 Å².